The molecule has 0 atom stereocenters. The number of hydrogen-bond donors (Lipinski definition) is 2. The topological polar surface area (TPSA) is 56.9 Å². The molecule has 0 spiro atoms. The summed E-state index contributed by atoms with van der Waals surface area (Å²) in [6, 6.07) is 67.8. The number of fused-ring (bicyclic) bond motifs is 12. The highest BCUT2D eigenvalue weighted by molar-refractivity contribution is 7.26. The van der Waals surface area contributed by atoms with Gasteiger partial charge in [-0.25, -0.2) is 4.99 Å². The molecule has 2 N–H and O–H groups in total. The van der Waals surface area contributed by atoms with Crippen LogP contribution in [0.2, 0.25) is 0 Å². The summed E-state index contributed by atoms with van der Waals surface area (Å²) >= 11 is 1.77. The van der Waals surface area contributed by atoms with Crippen LogP contribution in [0.5, 0.6) is 0 Å². The number of aromatic nitrogens is 2. The zero-order valence-electron chi connectivity index (χ0n) is 32.8. The molecule has 3 heterocycles. The normalized spacial score (nSPS) is 12.3. The van der Waals surface area contributed by atoms with Gasteiger partial charge in [0.2, 0.25) is 0 Å². The van der Waals surface area contributed by atoms with Crippen LogP contribution in [0.3, 0.4) is 0 Å². The number of hydrogen-bond acceptors (Lipinski definition) is 2. The third-order valence-corrected chi connectivity index (χ3v) is 13.7. The highest BCUT2D eigenvalue weighted by Crippen LogP contribution is 2.44. The van der Waals surface area contributed by atoms with Crippen LogP contribution in [-0.4, -0.2) is 21.6 Å². The second kappa shape index (κ2) is 13.1. The summed E-state index contributed by atoms with van der Waals surface area (Å²) in [5, 5.41) is 23.8. The van der Waals surface area contributed by atoms with Crippen LogP contribution < -0.4 is 0 Å². The first-order chi connectivity index (χ1) is 30.1. The van der Waals surface area contributed by atoms with E-state index in [-0.39, 0.29) is 5.84 Å². The van der Waals surface area contributed by atoms with Crippen molar-refractivity contribution in [1.82, 2.24) is 9.55 Å². The van der Waals surface area contributed by atoms with Crippen molar-refractivity contribution in [2.45, 2.75) is 0 Å². The van der Waals surface area contributed by atoms with Crippen molar-refractivity contribution in [3.05, 3.63) is 199 Å². The highest BCUT2D eigenvalue weighted by atomic mass is 32.1. The van der Waals surface area contributed by atoms with Crippen molar-refractivity contribution < 1.29 is 0 Å². The van der Waals surface area contributed by atoms with Crippen molar-refractivity contribution in [2.24, 2.45) is 4.99 Å². The molecule has 13 rings (SSSR count). The molecule has 284 valence electrons. The maximum atomic E-state index is 9.43. The van der Waals surface area contributed by atoms with E-state index < -0.39 is 0 Å². The predicted molar refractivity (Wildman–Crippen MR) is 262 cm³/mol. The maximum absolute atomic E-state index is 9.43. The predicted octanol–water partition coefficient (Wildman–Crippen LogP) is 15.4. The third kappa shape index (κ3) is 5.31. The van der Waals surface area contributed by atoms with Crippen LogP contribution >= 0.6 is 11.3 Å². The fourth-order valence-electron chi connectivity index (χ4n) is 9.65. The van der Waals surface area contributed by atoms with E-state index in [0.717, 1.165) is 49.0 Å². The second-order valence-corrected chi connectivity index (χ2v) is 17.1. The number of amidine groups is 1. The van der Waals surface area contributed by atoms with E-state index in [1.54, 1.807) is 11.3 Å². The summed E-state index contributed by atoms with van der Waals surface area (Å²) in [6.07, 6.45) is 1.82. The van der Waals surface area contributed by atoms with Crippen LogP contribution in [0.25, 0.3) is 113 Å². The molecule has 0 amide bonds. The Morgan fingerprint density at radius 2 is 1.18 bits per heavy atom. The minimum atomic E-state index is 0.222. The standard InChI is InChI=1S/C56H34N4S/c57-56(58-32-33-20-21-34-10-1-2-11-35(34)24-33)40-29-52(55-44-16-6-8-19-53(44)61-54(55)30-40)60-50-28-37-13-4-3-12-36(37)25-46(50)47-26-38-14-9-17-41(45(38)31-51(47)60)39-22-23-43-42-15-5-7-18-48(42)59-49(43)27-39/h1-32,57,59H/b57-56?,58-32+. The first-order valence-electron chi connectivity index (χ1n) is 20.6. The SMILES string of the molecule is N=C(/N=C/c1ccc2ccccc2c1)c1cc(-n2c3cc4ccccc4cc3c3cc4cccc(-c5ccc6c(c5)[nH]c5ccccc56)c4cc32)c2c(c1)sc1ccccc12. The Morgan fingerprint density at radius 3 is 2.05 bits per heavy atom. The largest absolute Gasteiger partial charge is 0.354 e. The average Bonchev–Trinajstić information content (AvgIpc) is 3.97. The van der Waals surface area contributed by atoms with Crippen molar-refractivity contribution in [2.75, 3.05) is 0 Å². The summed E-state index contributed by atoms with van der Waals surface area (Å²) in [5.41, 5.74) is 9.67. The molecule has 61 heavy (non-hydrogen) atoms. The van der Waals surface area contributed by atoms with Gasteiger partial charge in [0.25, 0.3) is 0 Å². The van der Waals surface area contributed by atoms with Crippen LogP contribution in [-0.2, 0) is 0 Å². The molecule has 0 aliphatic rings. The van der Waals surface area contributed by atoms with Gasteiger partial charge in [0, 0.05) is 64.5 Å². The molecule has 4 nitrogen and oxygen atoms in total. The first kappa shape index (κ1) is 34.0. The Hall–Kier alpha value is -7.86. The third-order valence-electron chi connectivity index (χ3n) is 12.5. The first-order valence-corrected chi connectivity index (χ1v) is 21.4. The van der Waals surface area contributed by atoms with E-state index >= 15 is 0 Å². The van der Waals surface area contributed by atoms with Gasteiger partial charge in [0.1, 0.15) is 0 Å². The van der Waals surface area contributed by atoms with Gasteiger partial charge < -0.3 is 9.55 Å². The maximum Gasteiger partial charge on any atom is 0.151 e. The van der Waals surface area contributed by atoms with Crippen molar-refractivity contribution in [1.29, 1.82) is 5.41 Å². The molecule has 0 radical (unpaired) electrons. The smallest absolute Gasteiger partial charge is 0.151 e. The molecule has 5 heteroatoms. The Labute approximate surface area is 353 Å². The molecule has 0 aliphatic carbocycles. The summed E-state index contributed by atoms with van der Waals surface area (Å²) in [6.45, 7) is 0. The van der Waals surface area contributed by atoms with Crippen LogP contribution in [0.1, 0.15) is 11.1 Å². The number of aliphatic imine (C=N–C) groups is 1. The molecule has 0 aliphatic heterocycles. The van der Waals surface area contributed by atoms with Gasteiger partial charge in [-0.2, -0.15) is 0 Å². The van der Waals surface area contributed by atoms with Crippen molar-refractivity contribution in [3.63, 3.8) is 0 Å². The number of para-hydroxylation sites is 1. The lowest BCUT2D eigenvalue weighted by atomic mass is 9.96. The number of nitrogens with one attached hydrogen (secondary N) is 2. The zero-order chi connectivity index (χ0) is 40.2. The van der Waals surface area contributed by atoms with E-state index in [1.165, 1.54) is 75.1 Å². The van der Waals surface area contributed by atoms with E-state index in [0.29, 0.717) is 0 Å². The molecule has 0 saturated carbocycles. The fourth-order valence-corrected chi connectivity index (χ4v) is 10.8. The molecule has 13 aromatic rings. The van der Waals surface area contributed by atoms with Gasteiger partial charge >= 0.3 is 0 Å². The number of thiophene rings is 1. The van der Waals surface area contributed by atoms with Crippen LogP contribution in [0, 0.1) is 5.41 Å². The molecule has 0 bridgehead atoms. The number of H-pyrrole nitrogens is 1. The molecule has 0 saturated heterocycles. The summed E-state index contributed by atoms with van der Waals surface area (Å²) in [4.78, 5) is 8.46. The van der Waals surface area contributed by atoms with Crippen molar-refractivity contribution in [3.8, 4) is 16.8 Å². The molecule has 0 unspecified atom stereocenters. The van der Waals surface area contributed by atoms with Crippen LogP contribution in [0.4, 0.5) is 0 Å². The van der Waals surface area contributed by atoms with Crippen LogP contribution in [0.15, 0.2) is 193 Å². The Kier molecular flexibility index (Phi) is 7.30. The highest BCUT2D eigenvalue weighted by Gasteiger charge is 2.21. The number of rotatable bonds is 4. The van der Waals surface area contributed by atoms with E-state index in [2.05, 4.69) is 198 Å². The second-order valence-electron chi connectivity index (χ2n) is 16.1. The lowest BCUT2D eigenvalue weighted by Gasteiger charge is -2.14. The summed E-state index contributed by atoms with van der Waals surface area (Å²) < 4.78 is 4.80. The number of nitrogens with zero attached hydrogens (tertiary/aromatic N) is 2. The van der Waals surface area contributed by atoms with Gasteiger partial charge in [-0.3, -0.25) is 5.41 Å². The van der Waals surface area contributed by atoms with Gasteiger partial charge in [-0.05, 0) is 110 Å². The number of aromatic amines is 1. The van der Waals surface area contributed by atoms with Gasteiger partial charge in [0.05, 0.1) is 16.7 Å². The monoisotopic (exact) mass is 794 g/mol. The molecule has 10 aromatic carbocycles. The Morgan fingerprint density at radius 1 is 0.492 bits per heavy atom. The lowest BCUT2D eigenvalue weighted by molar-refractivity contribution is 1.20. The lowest BCUT2D eigenvalue weighted by Crippen LogP contribution is -2.01. The minimum Gasteiger partial charge on any atom is -0.354 e. The molecule has 3 aromatic heterocycles. The average molecular weight is 795 g/mol. The molecular weight excluding hydrogens is 761 g/mol. The Bertz CT molecular complexity index is 4030. The van der Waals surface area contributed by atoms with Gasteiger partial charge in [-0.15, -0.1) is 11.3 Å². The number of benzene rings is 10. The quantitative estimate of drug-likeness (QED) is 0.132. The van der Waals surface area contributed by atoms with Crippen molar-refractivity contribution >= 4 is 119 Å². The van der Waals surface area contributed by atoms with Gasteiger partial charge in [0.15, 0.2) is 5.84 Å². The molecule has 0 fully saturated rings. The molecular formula is C56H34N4S. The summed E-state index contributed by atoms with van der Waals surface area (Å²) in [7, 11) is 0. The van der Waals surface area contributed by atoms with E-state index in [4.69, 9.17) is 4.99 Å². The fraction of sp³-hybridized carbons (Fsp3) is 0. The van der Waals surface area contributed by atoms with E-state index in [1.807, 2.05) is 6.21 Å². The zero-order valence-corrected chi connectivity index (χ0v) is 33.6. The van der Waals surface area contributed by atoms with E-state index in [9.17, 15) is 5.41 Å². The van der Waals surface area contributed by atoms with Gasteiger partial charge in [-0.1, -0.05) is 127 Å². The Balaban J connectivity index is 1.08. The minimum absolute atomic E-state index is 0.222. The summed E-state index contributed by atoms with van der Waals surface area (Å²) in [5.74, 6) is 0.222.